The normalized spacial score (nSPS) is 29.6. The number of carbonyl (C=O) groups excluding carboxylic acids is 1. The standard InChI is InChI=1S/C13H12F2O/c14-13(15)7-12(8-13)10(6-11(12)16)9-4-2-1-3-5-9/h1-5,10H,6-8H2. The van der Waals surface area contributed by atoms with Crippen molar-refractivity contribution in [2.24, 2.45) is 5.41 Å². The first-order valence-corrected chi connectivity index (χ1v) is 5.50. The highest BCUT2D eigenvalue weighted by Gasteiger charge is 2.68. The number of hydrogen-bond donors (Lipinski definition) is 0. The van der Waals surface area contributed by atoms with Crippen LogP contribution >= 0.6 is 0 Å². The Bertz CT molecular complexity index is 431. The molecule has 1 spiro atoms. The third-order valence-corrected chi connectivity index (χ3v) is 3.96. The molecule has 2 aliphatic carbocycles. The highest BCUT2D eigenvalue weighted by Crippen LogP contribution is 2.66. The number of benzene rings is 1. The molecule has 0 bridgehead atoms. The second-order valence-electron chi connectivity index (χ2n) is 4.96. The van der Waals surface area contributed by atoms with Crippen LogP contribution in [0.15, 0.2) is 30.3 Å². The highest BCUT2D eigenvalue weighted by molar-refractivity contribution is 5.94. The minimum atomic E-state index is -2.62. The van der Waals surface area contributed by atoms with Crippen molar-refractivity contribution in [2.75, 3.05) is 0 Å². The zero-order valence-corrected chi connectivity index (χ0v) is 8.75. The summed E-state index contributed by atoms with van der Waals surface area (Å²) in [4.78, 5) is 11.6. The average Bonchev–Trinajstić information content (AvgIpc) is 2.23. The fourth-order valence-electron chi connectivity index (χ4n) is 3.08. The van der Waals surface area contributed by atoms with Gasteiger partial charge in [0.2, 0.25) is 5.92 Å². The van der Waals surface area contributed by atoms with E-state index in [1.54, 1.807) is 0 Å². The summed E-state index contributed by atoms with van der Waals surface area (Å²) in [6.07, 6.45) is -0.0725. The molecule has 0 amide bonds. The number of halogens is 2. The molecule has 0 aliphatic heterocycles. The molecule has 0 N–H and O–H groups in total. The molecule has 2 aliphatic rings. The first-order valence-electron chi connectivity index (χ1n) is 5.50. The van der Waals surface area contributed by atoms with Crippen molar-refractivity contribution in [2.45, 2.75) is 31.1 Å². The molecule has 0 saturated heterocycles. The van der Waals surface area contributed by atoms with Gasteiger partial charge < -0.3 is 0 Å². The van der Waals surface area contributed by atoms with Crippen LogP contribution in [0.5, 0.6) is 0 Å². The summed E-state index contributed by atoms with van der Waals surface area (Å²) < 4.78 is 25.9. The summed E-state index contributed by atoms with van der Waals surface area (Å²) in [5.41, 5.74) is 0.294. The predicted molar refractivity (Wildman–Crippen MR) is 55.4 cm³/mol. The van der Waals surface area contributed by atoms with Gasteiger partial charge in [0, 0.05) is 30.6 Å². The molecule has 0 radical (unpaired) electrons. The lowest BCUT2D eigenvalue weighted by Crippen LogP contribution is -2.61. The van der Waals surface area contributed by atoms with Gasteiger partial charge in [0.15, 0.2) is 0 Å². The van der Waals surface area contributed by atoms with Crippen LogP contribution in [0.3, 0.4) is 0 Å². The first-order chi connectivity index (χ1) is 7.54. The second kappa shape index (κ2) is 2.90. The monoisotopic (exact) mass is 222 g/mol. The molecular formula is C13H12F2O. The van der Waals surface area contributed by atoms with Crippen LogP contribution < -0.4 is 0 Å². The molecule has 1 nitrogen and oxygen atoms in total. The van der Waals surface area contributed by atoms with Crippen LogP contribution in [-0.2, 0) is 4.79 Å². The number of Topliss-reactive ketones (excluding diaryl/α,β-unsaturated/α-hetero) is 1. The van der Waals surface area contributed by atoms with Gasteiger partial charge in [-0.2, -0.15) is 0 Å². The van der Waals surface area contributed by atoms with E-state index in [0.717, 1.165) is 5.56 Å². The van der Waals surface area contributed by atoms with Crippen molar-refractivity contribution in [3.63, 3.8) is 0 Å². The van der Waals surface area contributed by atoms with Crippen LogP contribution in [0.2, 0.25) is 0 Å². The van der Waals surface area contributed by atoms with Crippen LogP contribution in [-0.4, -0.2) is 11.7 Å². The van der Waals surface area contributed by atoms with Crippen LogP contribution in [0, 0.1) is 5.41 Å². The van der Waals surface area contributed by atoms with Gasteiger partial charge in [-0.05, 0) is 5.56 Å². The van der Waals surface area contributed by atoms with Gasteiger partial charge in [-0.25, -0.2) is 8.78 Å². The predicted octanol–water partition coefficient (Wildman–Crippen LogP) is 3.16. The van der Waals surface area contributed by atoms with Gasteiger partial charge in [0.1, 0.15) is 5.78 Å². The summed E-state index contributed by atoms with van der Waals surface area (Å²) in [6.45, 7) is 0. The van der Waals surface area contributed by atoms with E-state index in [1.807, 2.05) is 30.3 Å². The minimum absolute atomic E-state index is 0.0147. The third kappa shape index (κ3) is 1.17. The summed E-state index contributed by atoms with van der Waals surface area (Å²) in [6, 6.07) is 9.53. The van der Waals surface area contributed by atoms with Gasteiger partial charge in [0.25, 0.3) is 0 Å². The van der Waals surface area contributed by atoms with Gasteiger partial charge >= 0.3 is 0 Å². The number of carbonyl (C=O) groups is 1. The molecule has 0 heterocycles. The fourth-order valence-corrected chi connectivity index (χ4v) is 3.08. The van der Waals surface area contributed by atoms with Crippen molar-refractivity contribution >= 4 is 5.78 Å². The van der Waals surface area contributed by atoms with Crippen molar-refractivity contribution < 1.29 is 13.6 Å². The van der Waals surface area contributed by atoms with Crippen molar-refractivity contribution in [3.05, 3.63) is 35.9 Å². The van der Waals surface area contributed by atoms with Gasteiger partial charge in [-0.15, -0.1) is 0 Å². The Kier molecular flexibility index (Phi) is 1.80. The van der Waals surface area contributed by atoms with E-state index < -0.39 is 11.3 Å². The molecule has 1 aromatic rings. The van der Waals surface area contributed by atoms with Crippen molar-refractivity contribution in [1.82, 2.24) is 0 Å². The summed E-state index contributed by atoms with van der Waals surface area (Å²) in [5.74, 6) is -2.59. The number of rotatable bonds is 1. The molecule has 1 unspecified atom stereocenters. The van der Waals surface area contributed by atoms with E-state index >= 15 is 0 Å². The molecule has 0 aromatic heterocycles. The fraction of sp³-hybridized carbons (Fsp3) is 0.462. The Labute approximate surface area is 92.5 Å². The maximum absolute atomic E-state index is 13.0. The Morgan fingerprint density at radius 1 is 1.12 bits per heavy atom. The molecule has 84 valence electrons. The zero-order chi connectivity index (χ0) is 11.4. The molecule has 3 heteroatoms. The maximum atomic E-state index is 13.0. The third-order valence-electron chi connectivity index (χ3n) is 3.96. The van der Waals surface area contributed by atoms with Gasteiger partial charge in [-0.3, -0.25) is 4.79 Å². The second-order valence-corrected chi connectivity index (χ2v) is 4.96. The van der Waals surface area contributed by atoms with Gasteiger partial charge in [0.05, 0.1) is 0 Å². The molecule has 2 saturated carbocycles. The lowest BCUT2D eigenvalue weighted by molar-refractivity contribution is -0.201. The molecule has 16 heavy (non-hydrogen) atoms. The van der Waals surface area contributed by atoms with Crippen LogP contribution in [0.25, 0.3) is 0 Å². The zero-order valence-electron chi connectivity index (χ0n) is 8.75. The van der Waals surface area contributed by atoms with E-state index in [0.29, 0.717) is 6.42 Å². The van der Waals surface area contributed by atoms with Crippen molar-refractivity contribution in [3.8, 4) is 0 Å². The topological polar surface area (TPSA) is 17.1 Å². The molecular weight excluding hydrogens is 210 g/mol. The van der Waals surface area contributed by atoms with E-state index in [1.165, 1.54) is 0 Å². The lowest BCUT2D eigenvalue weighted by atomic mass is 9.46. The Hall–Kier alpha value is -1.25. The molecule has 2 fully saturated rings. The Morgan fingerprint density at radius 3 is 2.25 bits per heavy atom. The molecule has 3 rings (SSSR count). The maximum Gasteiger partial charge on any atom is 0.250 e. The lowest BCUT2D eigenvalue weighted by Gasteiger charge is -2.57. The van der Waals surface area contributed by atoms with E-state index in [-0.39, 0.29) is 24.5 Å². The summed E-state index contributed by atoms with van der Waals surface area (Å²) in [7, 11) is 0. The Morgan fingerprint density at radius 2 is 1.75 bits per heavy atom. The quantitative estimate of drug-likeness (QED) is 0.713. The highest BCUT2D eigenvalue weighted by atomic mass is 19.3. The van der Waals surface area contributed by atoms with E-state index in [2.05, 4.69) is 0 Å². The van der Waals surface area contributed by atoms with Crippen LogP contribution in [0.4, 0.5) is 8.78 Å². The molecule has 1 atom stereocenters. The smallest absolute Gasteiger partial charge is 0.250 e. The van der Waals surface area contributed by atoms with E-state index in [4.69, 9.17) is 0 Å². The number of hydrogen-bond acceptors (Lipinski definition) is 1. The summed E-state index contributed by atoms with van der Waals surface area (Å²) in [5, 5.41) is 0. The van der Waals surface area contributed by atoms with Crippen molar-refractivity contribution in [1.29, 1.82) is 0 Å². The number of alkyl halides is 2. The average molecular weight is 222 g/mol. The summed E-state index contributed by atoms with van der Waals surface area (Å²) >= 11 is 0. The number of ketones is 1. The molecule has 1 aromatic carbocycles. The largest absolute Gasteiger partial charge is 0.299 e. The van der Waals surface area contributed by atoms with E-state index in [9.17, 15) is 13.6 Å². The first kappa shape index (κ1) is 9.94. The van der Waals surface area contributed by atoms with Gasteiger partial charge in [-0.1, -0.05) is 30.3 Å². The Balaban J connectivity index is 1.87. The minimum Gasteiger partial charge on any atom is -0.299 e. The SMILES string of the molecule is O=C1CC(c2ccccc2)C12CC(F)(F)C2. The van der Waals surface area contributed by atoms with Crippen LogP contribution in [0.1, 0.15) is 30.7 Å².